The molecule has 1 aromatic rings. The number of aliphatic hydroxyl groups is 1. The molecular formula is C14H17FN2O3. The standard InChI is InChI=1S/C14H17FN2O3/c1-8(9-3-2-4-10(15)7-9)17-14(20)12-11(18)5-6-16-13(12)19/h2-4,7-8,11-12,18H,5-6H2,1H3,(H,16,19)(H,17,20). The first-order valence-corrected chi connectivity index (χ1v) is 6.50. The largest absolute Gasteiger partial charge is 0.392 e. The van der Waals surface area contributed by atoms with Gasteiger partial charge >= 0.3 is 0 Å². The van der Waals surface area contributed by atoms with Crippen LogP contribution in [0.2, 0.25) is 0 Å². The highest BCUT2D eigenvalue weighted by Gasteiger charge is 2.37. The minimum absolute atomic E-state index is 0.345. The predicted octanol–water partition coefficient (Wildman–Crippen LogP) is 0.500. The fourth-order valence-electron chi connectivity index (χ4n) is 2.25. The third-order valence-corrected chi connectivity index (χ3v) is 3.40. The number of carbonyl (C=O) groups excluding carboxylic acids is 2. The molecule has 0 aliphatic carbocycles. The number of piperidine rings is 1. The SMILES string of the molecule is CC(NC(=O)C1C(=O)NCCC1O)c1cccc(F)c1. The van der Waals surface area contributed by atoms with Crippen molar-refractivity contribution >= 4 is 11.8 Å². The van der Waals surface area contributed by atoms with Gasteiger partial charge in [-0.25, -0.2) is 4.39 Å². The lowest BCUT2D eigenvalue weighted by Gasteiger charge is -2.27. The molecular weight excluding hydrogens is 263 g/mol. The molecule has 3 N–H and O–H groups in total. The van der Waals surface area contributed by atoms with E-state index in [1.807, 2.05) is 0 Å². The Labute approximate surface area is 116 Å². The van der Waals surface area contributed by atoms with Crippen molar-refractivity contribution in [2.75, 3.05) is 6.54 Å². The quantitative estimate of drug-likeness (QED) is 0.706. The van der Waals surface area contributed by atoms with Crippen molar-refractivity contribution < 1.29 is 19.1 Å². The van der Waals surface area contributed by atoms with E-state index >= 15 is 0 Å². The Morgan fingerprint density at radius 3 is 2.95 bits per heavy atom. The Morgan fingerprint density at radius 2 is 2.30 bits per heavy atom. The van der Waals surface area contributed by atoms with Gasteiger partial charge in [-0.05, 0) is 31.0 Å². The van der Waals surface area contributed by atoms with Gasteiger partial charge < -0.3 is 15.7 Å². The number of amides is 2. The van der Waals surface area contributed by atoms with E-state index in [0.29, 0.717) is 18.5 Å². The number of aliphatic hydroxyl groups excluding tert-OH is 1. The second kappa shape index (κ2) is 6.00. The summed E-state index contributed by atoms with van der Waals surface area (Å²) in [4.78, 5) is 23.7. The van der Waals surface area contributed by atoms with Gasteiger partial charge in [-0.2, -0.15) is 0 Å². The van der Waals surface area contributed by atoms with E-state index in [-0.39, 0.29) is 5.82 Å². The van der Waals surface area contributed by atoms with Gasteiger partial charge in [-0.15, -0.1) is 0 Å². The number of hydrogen-bond donors (Lipinski definition) is 3. The van der Waals surface area contributed by atoms with Gasteiger partial charge in [-0.3, -0.25) is 9.59 Å². The van der Waals surface area contributed by atoms with Gasteiger partial charge in [0.2, 0.25) is 11.8 Å². The Balaban J connectivity index is 2.05. The van der Waals surface area contributed by atoms with Crippen LogP contribution in [-0.2, 0) is 9.59 Å². The fourth-order valence-corrected chi connectivity index (χ4v) is 2.25. The van der Waals surface area contributed by atoms with Crippen LogP contribution in [0, 0.1) is 11.7 Å². The zero-order valence-corrected chi connectivity index (χ0v) is 11.1. The van der Waals surface area contributed by atoms with Crippen molar-refractivity contribution in [2.24, 2.45) is 5.92 Å². The van der Waals surface area contributed by atoms with E-state index in [0.717, 1.165) is 0 Å². The Kier molecular flexibility index (Phi) is 4.34. The number of nitrogens with one attached hydrogen (secondary N) is 2. The third-order valence-electron chi connectivity index (χ3n) is 3.40. The van der Waals surface area contributed by atoms with Crippen LogP contribution in [0.15, 0.2) is 24.3 Å². The zero-order chi connectivity index (χ0) is 14.7. The normalized spacial score (nSPS) is 23.9. The molecule has 0 bridgehead atoms. The van der Waals surface area contributed by atoms with E-state index in [4.69, 9.17) is 0 Å². The monoisotopic (exact) mass is 280 g/mol. The number of rotatable bonds is 3. The van der Waals surface area contributed by atoms with Crippen molar-refractivity contribution in [1.29, 1.82) is 0 Å². The summed E-state index contributed by atoms with van der Waals surface area (Å²) in [7, 11) is 0. The molecule has 1 fully saturated rings. The maximum absolute atomic E-state index is 13.1. The van der Waals surface area contributed by atoms with E-state index in [1.165, 1.54) is 12.1 Å². The molecule has 1 aromatic carbocycles. The van der Waals surface area contributed by atoms with Gasteiger partial charge in [0.1, 0.15) is 11.7 Å². The highest BCUT2D eigenvalue weighted by molar-refractivity contribution is 6.01. The maximum Gasteiger partial charge on any atom is 0.235 e. The summed E-state index contributed by atoms with van der Waals surface area (Å²) >= 11 is 0. The minimum atomic E-state index is -1.11. The summed E-state index contributed by atoms with van der Waals surface area (Å²) in [6.07, 6.45) is -0.637. The van der Waals surface area contributed by atoms with E-state index < -0.39 is 29.9 Å². The number of hydrogen-bond acceptors (Lipinski definition) is 3. The lowest BCUT2D eigenvalue weighted by atomic mass is 9.93. The van der Waals surface area contributed by atoms with Crippen molar-refractivity contribution in [3.63, 3.8) is 0 Å². The third kappa shape index (κ3) is 3.14. The summed E-state index contributed by atoms with van der Waals surface area (Å²) in [5.74, 6) is -2.53. The van der Waals surface area contributed by atoms with Crippen LogP contribution in [0.5, 0.6) is 0 Å². The molecule has 1 saturated heterocycles. The van der Waals surface area contributed by atoms with Crippen molar-refractivity contribution in [2.45, 2.75) is 25.5 Å². The zero-order valence-electron chi connectivity index (χ0n) is 11.1. The average Bonchev–Trinajstić information content (AvgIpc) is 2.38. The second-order valence-electron chi connectivity index (χ2n) is 4.91. The van der Waals surface area contributed by atoms with Gasteiger partial charge in [0, 0.05) is 6.54 Å². The van der Waals surface area contributed by atoms with Crippen LogP contribution < -0.4 is 10.6 Å². The lowest BCUT2D eigenvalue weighted by molar-refractivity contribution is -0.142. The predicted molar refractivity (Wildman–Crippen MR) is 70.1 cm³/mol. The smallest absolute Gasteiger partial charge is 0.235 e. The summed E-state index contributed by atoms with van der Waals surface area (Å²) < 4.78 is 13.1. The van der Waals surface area contributed by atoms with Crippen molar-refractivity contribution in [3.8, 4) is 0 Å². The molecule has 3 unspecified atom stereocenters. The topological polar surface area (TPSA) is 78.4 Å². The molecule has 2 rings (SSSR count). The molecule has 6 heteroatoms. The van der Waals surface area contributed by atoms with E-state index in [1.54, 1.807) is 19.1 Å². The Bertz CT molecular complexity index is 521. The van der Waals surface area contributed by atoms with Crippen LogP contribution in [0.1, 0.15) is 24.9 Å². The molecule has 0 aromatic heterocycles. The first kappa shape index (κ1) is 14.5. The molecule has 1 aliphatic rings. The van der Waals surface area contributed by atoms with Gasteiger partial charge in [0.05, 0.1) is 12.1 Å². The molecule has 20 heavy (non-hydrogen) atoms. The number of benzene rings is 1. The average molecular weight is 280 g/mol. The Hall–Kier alpha value is -1.95. The molecule has 0 spiro atoms. The Morgan fingerprint density at radius 1 is 1.55 bits per heavy atom. The first-order valence-electron chi connectivity index (χ1n) is 6.50. The summed E-state index contributed by atoms with van der Waals surface area (Å²) in [6.45, 7) is 2.06. The van der Waals surface area contributed by atoms with E-state index in [9.17, 15) is 19.1 Å². The fraction of sp³-hybridized carbons (Fsp3) is 0.429. The van der Waals surface area contributed by atoms with Crippen LogP contribution in [-0.4, -0.2) is 29.6 Å². The minimum Gasteiger partial charge on any atom is -0.392 e. The van der Waals surface area contributed by atoms with Gasteiger partial charge in [0.25, 0.3) is 0 Å². The highest BCUT2D eigenvalue weighted by atomic mass is 19.1. The maximum atomic E-state index is 13.1. The van der Waals surface area contributed by atoms with Crippen molar-refractivity contribution in [3.05, 3.63) is 35.6 Å². The first-order chi connectivity index (χ1) is 9.49. The molecule has 108 valence electrons. The molecule has 1 heterocycles. The molecule has 2 amide bonds. The van der Waals surface area contributed by atoms with Gasteiger partial charge in [-0.1, -0.05) is 12.1 Å². The van der Waals surface area contributed by atoms with Crippen LogP contribution in [0.4, 0.5) is 4.39 Å². The molecule has 0 radical (unpaired) electrons. The summed E-state index contributed by atoms with van der Waals surface area (Å²) in [5.41, 5.74) is 0.601. The molecule has 3 atom stereocenters. The summed E-state index contributed by atoms with van der Waals surface area (Å²) in [6, 6.07) is 5.43. The lowest BCUT2D eigenvalue weighted by Crippen LogP contribution is -2.52. The second-order valence-corrected chi connectivity index (χ2v) is 4.91. The van der Waals surface area contributed by atoms with Crippen LogP contribution in [0.25, 0.3) is 0 Å². The number of carbonyl (C=O) groups is 2. The molecule has 1 aliphatic heterocycles. The number of halogens is 1. The van der Waals surface area contributed by atoms with Crippen LogP contribution in [0.3, 0.4) is 0 Å². The molecule has 0 saturated carbocycles. The highest BCUT2D eigenvalue weighted by Crippen LogP contribution is 2.17. The van der Waals surface area contributed by atoms with Crippen molar-refractivity contribution in [1.82, 2.24) is 10.6 Å². The van der Waals surface area contributed by atoms with E-state index in [2.05, 4.69) is 10.6 Å². The molecule has 5 nitrogen and oxygen atoms in total. The van der Waals surface area contributed by atoms with Gasteiger partial charge in [0.15, 0.2) is 0 Å². The summed E-state index contributed by atoms with van der Waals surface area (Å²) in [5, 5.41) is 14.9. The van der Waals surface area contributed by atoms with Crippen LogP contribution >= 0.6 is 0 Å².